The van der Waals surface area contributed by atoms with Gasteiger partial charge < -0.3 is 5.11 Å². The number of aryl methyl sites for hydroxylation is 1. The zero-order valence-electron chi connectivity index (χ0n) is 17.1. The number of hydrogen-bond acceptors (Lipinski definition) is 8. The smallest absolute Gasteiger partial charge is 0.299 e. The van der Waals surface area contributed by atoms with Crippen molar-refractivity contribution >= 4 is 32.3 Å². The van der Waals surface area contributed by atoms with Crippen molar-refractivity contribution < 1.29 is 28.2 Å². The van der Waals surface area contributed by atoms with Crippen molar-refractivity contribution in [3.63, 3.8) is 0 Å². The molecule has 4 aromatic rings. The van der Waals surface area contributed by atoms with Crippen LogP contribution in [0.15, 0.2) is 74.5 Å². The minimum Gasteiger partial charge on any atom is -0.507 e. The lowest BCUT2D eigenvalue weighted by Crippen LogP contribution is -2.14. The monoisotopic (exact) mass is 470 g/mol. The molecule has 0 aliphatic rings. The van der Waals surface area contributed by atoms with Gasteiger partial charge in [0.15, 0.2) is 5.69 Å². The zero-order valence-corrected chi connectivity index (χ0v) is 17.9. The average Bonchev–Trinajstić information content (AvgIpc) is 3.07. The lowest BCUT2D eigenvalue weighted by molar-refractivity contribution is -0.253. The molecule has 0 atom stereocenters. The molecule has 4 N–H and O–H groups in total. The highest BCUT2D eigenvalue weighted by Gasteiger charge is 2.17. The van der Waals surface area contributed by atoms with Crippen LogP contribution in [0, 0.1) is 6.92 Å². The SMILES string of the molecule is Cc1cc(O)c2cc(N=Nc3c(COO)[nH]n(-c4ccc(S(=O)(=O)O)cc4)c3=O)ccc2c1. The third-order valence-corrected chi connectivity index (χ3v) is 5.73. The first kappa shape index (κ1) is 22.4. The molecule has 3 aromatic carbocycles. The van der Waals surface area contributed by atoms with Crippen molar-refractivity contribution in [1.29, 1.82) is 0 Å². The number of aromatic hydroxyl groups is 1. The van der Waals surface area contributed by atoms with Crippen molar-refractivity contribution in [1.82, 2.24) is 9.78 Å². The molecule has 33 heavy (non-hydrogen) atoms. The number of fused-ring (bicyclic) bond motifs is 1. The van der Waals surface area contributed by atoms with E-state index in [1.807, 2.05) is 13.0 Å². The van der Waals surface area contributed by atoms with Crippen molar-refractivity contribution in [2.75, 3.05) is 0 Å². The molecule has 0 saturated heterocycles. The molecule has 170 valence electrons. The number of hydrogen-bond donors (Lipinski definition) is 4. The third kappa shape index (κ3) is 4.54. The highest BCUT2D eigenvalue weighted by molar-refractivity contribution is 7.85. The molecule has 0 saturated carbocycles. The summed E-state index contributed by atoms with van der Waals surface area (Å²) in [6, 6.07) is 13.5. The van der Waals surface area contributed by atoms with Gasteiger partial charge >= 0.3 is 0 Å². The van der Waals surface area contributed by atoms with Crippen LogP contribution in [-0.2, 0) is 21.6 Å². The number of azo groups is 1. The van der Waals surface area contributed by atoms with Crippen molar-refractivity contribution in [3.8, 4) is 11.4 Å². The van der Waals surface area contributed by atoms with Gasteiger partial charge in [-0.15, -0.1) is 5.11 Å². The van der Waals surface area contributed by atoms with E-state index in [-0.39, 0.29) is 27.7 Å². The predicted molar refractivity (Wildman–Crippen MR) is 118 cm³/mol. The quantitative estimate of drug-likeness (QED) is 0.143. The molecule has 0 fully saturated rings. The van der Waals surface area contributed by atoms with Crippen molar-refractivity contribution in [2.45, 2.75) is 18.4 Å². The molecule has 0 amide bonds. The predicted octanol–water partition coefficient (Wildman–Crippen LogP) is 3.98. The van der Waals surface area contributed by atoms with Gasteiger partial charge in [-0.1, -0.05) is 12.1 Å². The number of H-pyrrole nitrogens is 1. The van der Waals surface area contributed by atoms with E-state index in [1.165, 1.54) is 12.1 Å². The second-order valence-electron chi connectivity index (χ2n) is 7.21. The van der Waals surface area contributed by atoms with E-state index in [4.69, 9.17) is 9.81 Å². The lowest BCUT2D eigenvalue weighted by Gasteiger charge is -2.03. The van der Waals surface area contributed by atoms with E-state index < -0.39 is 22.3 Å². The Kier molecular flexibility index (Phi) is 5.82. The summed E-state index contributed by atoms with van der Waals surface area (Å²) in [5.74, 6) is 0.0914. The van der Waals surface area contributed by atoms with E-state index in [0.29, 0.717) is 11.1 Å². The van der Waals surface area contributed by atoms with Crippen LogP contribution in [0.3, 0.4) is 0 Å². The molecule has 11 nitrogen and oxygen atoms in total. The third-order valence-electron chi connectivity index (χ3n) is 4.87. The first-order valence-corrected chi connectivity index (χ1v) is 10.9. The number of aromatic amines is 1. The number of aromatic nitrogens is 2. The van der Waals surface area contributed by atoms with Crippen LogP contribution in [0.2, 0.25) is 0 Å². The Morgan fingerprint density at radius 2 is 1.79 bits per heavy atom. The number of benzene rings is 3. The Labute approximate surface area is 186 Å². The summed E-state index contributed by atoms with van der Waals surface area (Å²) in [4.78, 5) is 16.7. The first-order chi connectivity index (χ1) is 15.7. The van der Waals surface area contributed by atoms with Crippen molar-refractivity contribution in [3.05, 3.63) is 76.2 Å². The average molecular weight is 470 g/mol. The summed E-state index contributed by atoms with van der Waals surface area (Å²) >= 11 is 0. The van der Waals surface area contributed by atoms with Gasteiger partial charge in [-0.2, -0.15) is 13.5 Å². The van der Waals surface area contributed by atoms with E-state index in [2.05, 4.69) is 20.2 Å². The van der Waals surface area contributed by atoms with Crippen LogP contribution >= 0.6 is 0 Å². The molecule has 0 radical (unpaired) electrons. The van der Waals surface area contributed by atoms with Crippen LogP contribution in [0.25, 0.3) is 16.5 Å². The van der Waals surface area contributed by atoms with E-state index >= 15 is 0 Å². The number of nitrogens with zero attached hydrogens (tertiary/aromatic N) is 3. The molecule has 0 aliphatic heterocycles. The standard InChI is InChI=1S/C21H18N4O7S/c1-12-8-13-2-3-14(10-17(13)19(26)9-12)22-23-20-18(11-32-28)24-25(21(20)27)15-4-6-16(7-5-15)33(29,30)31/h2-10,24,26,28H,11H2,1H3,(H,29,30,31). The molecule has 0 unspecified atom stereocenters. The molecular weight excluding hydrogens is 452 g/mol. The van der Waals surface area contributed by atoms with Gasteiger partial charge in [-0.3, -0.25) is 19.7 Å². The van der Waals surface area contributed by atoms with Gasteiger partial charge in [0.25, 0.3) is 15.7 Å². The molecule has 0 spiro atoms. The summed E-state index contributed by atoms with van der Waals surface area (Å²) in [6.07, 6.45) is 0. The van der Waals surface area contributed by atoms with Crippen LogP contribution in [0.5, 0.6) is 5.75 Å². The molecule has 0 aliphatic carbocycles. The molecule has 1 aromatic heterocycles. The lowest BCUT2D eigenvalue weighted by atomic mass is 10.1. The summed E-state index contributed by atoms with van der Waals surface area (Å²) in [5.41, 5.74) is 0.867. The second-order valence-corrected chi connectivity index (χ2v) is 8.63. The molecule has 4 rings (SSSR count). The molecule has 1 heterocycles. The van der Waals surface area contributed by atoms with E-state index in [1.54, 1.807) is 24.3 Å². The first-order valence-electron chi connectivity index (χ1n) is 9.50. The van der Waals surface area contributed by atoms with Crippen LogP contribution in [0.1, 0.15) is 11.3 Å². The minimum absolute atomic E-state index is 0.0914. The maximum absolute atomic E-state index is 12.9. The van der Waals surface area contributed by atoms with Gasteiger partial charge in [-0.25, -0.2) is 9.57 Å². The van der Waals surface area contributed by atoms with Crippen LogP contribution in [-0.4, -0.2) is 33.1 Å². The van der Waals surface area contributed by atoms with Gasteiger partial charge in [-0.05, 0) is 60.3 Å². The topological polar surface area (TPSA) is 167 Å². The number of nitrogens with one attached hydrogen (secondary N) is 1. The second kappa shape index (κ2) is 8.60. The molecule has 0 bridgehead atoms. The number of phenols is 1. The molecular formula is C21H18N4O7S. The fourth-order valence-electron chi connectivity index (χ4n) is 3.33. The maximum atomic E-state index is 12.9. The Morgan fingerprint density at radius 3 is 2.45 bits per heavy atom. The Hall–Kier alpha value is -3.84. The Morgan fingerprint density at radius 1 is 1.06 bits per heavy atom. The maximum Gasteiger partial charge on any atom is 0.299 e. The Balaban J connectivity index is 1.73. The van der Waals surface area contributed by atoms with Gasteiger partial charge in [0.05, 0.1) is 22.0 Å². The van der Waals surface area contributed by atoms with Gasteiger partial charge in [0.1, 0.15) is 12.4 Å². The molecule has 12 heteroatoms. The van der Waals surface area contributed by atoms with Crippen LogP contribution < -0.4 is 5.56 Å². The highest BCUT2D eigenvalue weighted by atomic mass is 32.2. The van der Waals surface area contributed by atoms with Gasteiger partial charge in [0.2, 0.25) is 0 Å². The fraction of sp³-hybridized carbons (Fsp3) is 0.0952. The highest BCUT2D eigenvalue weighted by Crippen LogP contribution is 2.30. The number of rotatable bonds is 6. The largest absolute Gasteiger partial charge is 0.507 e. The van der Waals surface area contributed by atoms with E-state index in [9.17, 15) is 18.3 Å². The Bertz CT molecular complexity index is 1540. The van der Waals surface area contributed by atoms with Gasteiger partial charge in [0, 0.05) is 5.39 Å². The fourth-order valence-corrected chi connectivity index (χ4v) is 3.81. The summed E-state index contributed by atoms with van der Waals surface area (Å²) in [5, 5.41) is 31.3. The van der Waals surface area contributed by atoms with E-state index in [0.717, 1.165) is 27.8 Å². The normalized spacial score (nSPS) is 12.1. The summed E-state index contributed by atoms with van der Waals surface area (Å²) < 4.78 is 32.6. The zero-order chi connectivity index (χ0) is 23.8. The van der Waals surface area contributed by atoms with Crippen LogP contribution in [0.4, 0.5) is 11.4 Å². The van der Waals surface area contributed by atoms with Crippen molar-refractivity contribution in [2.24, 2.45) is 10.2 Å². The summed E-state index contributed by atoms with van der Waals surface area (Å²) in [7, 11) is -4.39. The minimum atomic E-state index is -4.39. The summed E-state index contributed by atoms with van der Waals surface area (Å²) in [6.45, 7) is 1.47. The number of phenolic OH excluding ortho intramolecular Hbond substituents is 1.